The van der Waals surface area contributed by atoms with Gasteiger partial charge in [0, 0.05) is 17.3 Å². The molecule has 22 heavy (non-hydrogen) atoms. The third kappa shape index (κ3) is 3.50. The van der Waals surface area contributed by atoms with Crippen LogP contribution in [0.3, 0.4) is 0 Å². The van der Waals surface area contributed by atoms with Crippen molar-refractivity contribution in [2.45, 2.75) is 51.7 Å². The Morgan fingerprint density at radius 2 is 2.18 bits per heavy atom. The lowest BCUT2D eigenvalue weighted by atomic mass is 9.79. The van der Waals surface area contributed by atoms with Crippen LogP contribution in [-0.2, 0) is 16.0 Å². The Hall–Kier alpha value is -1.81. The minimum Gasteiger partial charge on any atom is -0.368 e. The van der Waals surface area contributed by atoms with E-state index in [1.807, 2.05) is 19.1 Å². The molecule has 0 aliphatic heterocycles. The van der Waals surface area contributed by atoms with Gasteiger partial charge < -0.3 is 4.74 Å². The molecular weight excluding hydrogens is 276 g/mol. The van der Waals surface area contributed by atoms with Crippen molar-refractivity contribution in [1.82, 2.24) is 9.97 Å². The number of aromatic nitrogens is 2. The number of ketones is 1. The highest BCUT2D eigenvalue weighted by Gasteiger charge is 2.31. The summed E-state index contributed by atoms with van der Waals surface area (Å²) in [6, 6.07) is 8.14. The highest BCUT2D eigenvalue weighted by molar-refractivity contribution is 5.79. The second-order valence-electron chi connectivity index (χ2n) is 6.24. The highest BCUT2D eigenvalue weighted by Crippen LogP contribution is 2.34. The maximum absolute atomic E-state index is 11.2. The van der Waals surface area contributed by atoms with Crippen LogP contribution in [-0.4, -0.2) is 28.0 Å². The summed E-state index contributed by atoms with van der Waals surface area (Å²) >= 11 is 0. The van der Waals surface area contributed by atoms with Crippen molar-refractivity contribution in [3.8, 4) is 0 Å². The van der Waals surface area contributed by atoms with Crippen LogP contribution in [0.4, 0.5) is 0 Å². The van der Waals surface area contributed by atoms with Gasteiger partial charge in [-0.1, -0.05) is 0 Å². The quantitative estimate of drug-likeness (QED) is 0.821. The average molecular weight is 298 g/mol. The van der Waals surface area contributed by atoms with E-state index in [2.05, 4.69) is 22.1 Å². The molecule has 0 N–H and O–H groups in total. The molecule has 0 amide bonds. The summed E-state index contributed by atoms with van der Waals surface area (Å²) < 4.78 is 5.71. The SMILES string of the molecule is CC(=O)C(C)OC1CC(CCc2ccc3cccnc3n2)C1. The molecule has 2 aromatic heterocycles. The molecule has 1 atom stereocenters. The number of ether oxygens (including phenoxy) is 1. The number of pyridine rings is 2. The average Bonchev–Trinajstić information content (AvgIpc) is 2.48. The number of carbonyl (C=O) groups excluding carboxylic acids is 1. The Labute approximate surface area is 130 Å². The molecule has 116 valence electrons. The lowest BCUT2D eigenvalue weighted by Gasteiger charge is -2.36. The van der Waals surface area contributed by atoms with Gasteiger partial charge in [0.1, 0.15) is 6.10 Å². The standard InChI is InChI=1S/C18H22N2O2/c1-12(21)13(2)22-17-10-14(11-17)5-7-16-8-6-15-4-3-9-19-18(15)20-16/h3-4,6,8-9,13-14,17H,5,7,10-11H2,1-2H3. The molecule has 1 unspecified atom stereocenters. The minimum absolute atomic E-state index is 0.108. The summed E-state index contributed by atoms with van der Waals surface area (Å²) in [5, 5.41) is 1.08. The van der Waals surface area contributed by atoms with E-state index in [0.29, 0.717) is 5.92 Å². The van der Waals surface area contributed by atoms with E-state index in [4.69, 9.17) is 4.74 Å². The van der Waals surface area contributed by atoms with Crippen LogP contribution in [0.25, 0.3) is 11.0 Å². The first-order valence-corrected chi connectivity index (χ1v) is 7.98. The molecule has 3 rings (SSSR count). The summed E-state index contributed by atoms with van der Waals surface area (Å²) in [5.41, 5.74) is 1.93. The first-order valence-electron chi connectivity index (χ1n) is 7.98. The van der Waals surface area contributed by atoms with Gasteiger partial charge in [-0.05, 0) is 69.7 Å². The summed E-state index contributed by atoms with van der Waals surface area (Å²) in [6.45, 7) is 3.42. The molecule has 1 fully saturated rings. The third-order valence-corrected chi connectivity index (χ3v) is 4.49. The van der Waals surface area contributed by atoms with Crippen molar-refractivity contribution in [2.24, 2.45) is 5.92 Å². The van der Waals surface area contributed by atoms with Gasteiger partial charge >= 0.3 is 0 Å². The van der Waals surface area contributed by atoms with E-state index in [1.54, 1.807) is 13.1 Å². The topological polar surface area (TPSA) is 52.1 Å². The largest absolute Gasteiger partial charge is 0.368 e. The number of fused-ring (bicyclic) bond motifs is 1. The van der Waals surface area contributed by atoms with E-state index in [0.717, 1.165) is 42.4 Å². The van der Waals surface area contributed by atoms with Gasteiger partial charge in [0.15, 0.2) is 11.4 Å². The number of rotatable bonds is 6. The lowest BCUT2D eigenvalue weighted by Crippen LogP contribution is -2.36. The number of hydrogen-bond acceptors (Lipinski definition) is 4. The second-order valence-corrected chi connectivity index (χ2v) is 6.24. The van der Waals surface area contributed by atoms with Gasteiger partial charge in [0.25, 0.3) is 0 Å². The maximum atomic E-state index is 11.2. The number of Topliss-reactive ketones (excluding diaryl/α,β-unsaturated/α-hetero) is 1. The molecule has 2 aromatic rings. The molecule has 2 heterocycles. The molecule has 0 aromatic carbocycles. The van der Waals surface area contributed by atoms with Crippen LogP contribution in [0.15, 0.2) is 30.5 Å². The maximum Gasteiger partial charge on any atom is 0.159 e. The van der Waals surface area contributed by atoms with E-state index in [9.17, 15) is 4.79 Å². The molecule has 0 spiro atoms. The second kappa shape index (κ2) is 6.53. The van der Waals surface area contributed by atoms with Crippen molar-refractivity contribution in [3.05, 3.63) is 36.2 Å². The van der Waals surface area contributed by atoms with Gasteiger partial charge in [-0.15, -0.1) is 0 Å². The summed E-state index contributed by atoms with van der Waals surface area (Å²) in [5.74, 6) is 0.793. The Balaban J connectivity index is 1.46. The molecule has 1 aliphatic carbocycles. The van der Waals surface area contributed by atoms with Crippen LogP contribution < -0.4 is 0 Å². The van der Waals surface area contributed by atoms with Crippen molar-refractivity contribution in [1.29, 1.82) is 0 Å². The van der Waals surface area contributed by atoms with E-state index in [-0.39, 0.29) is 18.0 Å². The minimum atomic E-state index is -0.265. The normalized spacial score (nSPS) is 22.3. The van der Waals surface area contributed by atoms with Crippen LogP contribution in [0.1, 0.15) is 38.8 Å². The Kier molecular flexibility index (Phi) is 4.48. The van der Waals surface area contributed by atoms with E-state index in [1.165, 1.54) is 0 Å². The Morgan fingerprint density at radius 1 is 1.36 bits per heavy atom. The molecular formula is C18H22N2O2. The first-order chi connectivity index (χ1) is 10.6. The number of hydrogen-bond donors (Lipinski definition) is 0. The molecule has 0 saturated heterocycles. The highest BCUT2D eigenvalue weighted by atomic mass is 16.5. The van der Waals surface area contributed by atoms with Crippen LogP contribution in [0.5, 0.6) is 0 Å². The Bertz CT molecular complexity index is 665. The summed E-state index contributed by atoms with van der Waals surface area (Å²) in [6.07, 6.45) is 6.00. The van der Waals surface area contributed by atoms with Crippen LogP contribution in [0.2, 0.25) is 0 Å². The lowest BCUT2D eigenvalue weighted by molar-refractivity contribution is -0.137. The Morgan fingerprint density at radius 3 is 2.95 bits per heavy atom. The molecule has 0 radical (unpaired) electrons. The predicted molar refractivity (Wildman–Crippen MR) is 85.6 cm³/mol. The zero-order valence-corrected chi connectivity index (χ0v) is 13.2. The van der Waals surface area contributed by atoms with E-state index < -0.39 is 0 Å². The third-order valence-electron chi connectivity index (χ3n) is 4.49. The van der Waals surface area contributed by atoms with Gasteiger partial charge in [0.2, 0.25) is 0 Å². The van der Waals surface area contributed by atoms with Crippen molar-refractivity contribution in [2.75, 3.05) is 0 Å². The molecule has 4 nitrogen and oxygen atoms in total. The van der Waals surface area contributed by atoms with Crippen LogP contribution >= 0.6 is 0 Å². The van der Waals surface area contributed by atoms with Crippen LogP contribution in [0, 0.1) is 5.92 Å². The van der Waals surface area contributed by atoms with Crippen molar-refractivity contribution < 1.29 is 9.53 Å². The zero-order valence-electron chi connectivity index (χ0n) is 13.2. The van der Waals surface area contributed by atoms with Gasteiger partial charge in [-0.3, -0.25) is 4.79 Å². The zero-order chi connectivity index (χ0) is 15.5. The fraction of sp³-hybridized carbons (Fsp3) is 0.500. The van der Waals surface area contributed by atoms with Gasteiger partial charge in [0.05, 0.1) is 6.10 Å². The predicted octanol–water partition coefficient (Wildman–Crippen LogP) is 3.34. The molecule has 1 aliphatic rings. The molecule has 0 bridgehead atoms. The van der Waals surface area contributed by atoms with Crippen molar-refractivity contribution in [3.63, 3.8) is 0 Å². The molecule has 1 saturated carbocycles. The van der Waals surface area contributed by atoms with Crippen molar-refractivity contribution >= 4 is 16.8 Å². The first kappa shape index (κ1) is 15.1. The van der Waals surface area contributed by atoms with Gasteiger partial charge in [-0.2, -0.15) is 0 Å². The van der Waals surface area contributed by atoms with E-state index >= 15 is 0 Å². The smallest absolute Gasteiger partial charge is 0.159 e. The fourth-order valence-electron chi connectivity index (χ4n) is 2.89. The number of nitrogens with zero attached hydrogens (tertiary/aromatic N) is 2. The summed E-state index contributed by atoms with van der Waals surface area (Å²) in [7, 11) is 0. The van der Waals surface area contributed by atoms with Gasteiger partial charge in [-0.25, -0.2) is 9.97 Å². The monoisotopic (exact) mass is 298 g/mol. The molecule has 4 heteroatoms. The summed E-state index contributed by atoms with van der Waals surface area (Å²) in [4.78, 5) is 20.1. The number of carbonyl (C=O) groups is 1. The number of aryl methyl sites for hydroxylation is 1. The fourth-order valence-corrected chi connectivity index (χ4v) is 2.89.